The average Bonchev–Trinajstić information content (AvgIpc) is 3.41. The molecule has 0 bridgehead atoms. The lowest BCUT2D eigenvalue weighted by Gasteiger charge is -2.17. The number of methoxy groups -OCH3 is 3. The highest BCUT2D eigenvalue weighted by Crippen LogP contribution is 2.35. The maximum Gasteiger partial charge on any atom is 0.340 e. The largest absolute Gasteiger partial charge is 0.497 e. The molecule has 184 valence electrons. The quantitative estimate of drug-likeness (QED) is 0.374. The van der Waals surface area contributed by atoms with Crippen LogP contribution in [0.2, 0.25) is 0 Å². The first-order valence-electron chi connectivity index (χ1n) is 11.3. The second-order valence-electron chi connectivity index (χ2n) is 8.25. The highest BCUT2D eigenvalue weighted by atomic mass is 16.5. The summed E-state index contributed by atoms with van der Waals surface area (Å²) >= 11 is 0. The first-order chi connectivity index (χ1) is 16.9. The third-order valence-corrected chi connectivity index (χ3v) is 6.12. The van der Waals surface area contributed by atoms with E-state index in [0.717, 1.165) is 25.7 Å². The third kappa shape index (κ3) is 5.24. The molecule has 3 aromatic rings. The first kappa shape index (κ1) is 24.1. The molecular weight excluding hydrogens is 454 g/mol. The van der Waals surface area contributed by atoms with Gasteiger partial charge >= 0.3 is 11.6 Å². The molecule has 4 rings (SSSR count). The van der Waals surface area contributed by atoms with E-state index in [0.29, 0.717) is 33.8 Å². The number of anilines is 1. The van der Waals surface area contributed by atoms with Crippen LogP contribution in [0, 0.1) is 5.92 Å². The van der Waals surface area contributed by atoms with Gasteiger partial charge in [-0.3, -0.25) is 4.79 Å². The summed E-state index contributed by atoms with van der Waals surface area (Å²) in [5.74, 6) is 0.274. The van der Waals surface area contributed by atoms with Gasteiger partial charge in [0.2, 0.25) is 5.91 Å². The molecule has 1 fully saturated rings. The van der Waals surface area contributed by atoms with Crippen molar-refractivity contribution in [3.05, 3.63) is 57.9 Å². The zero-order valence-electron chi connectivity index (χ0n) is 19.8. The summed E-state index contributed by atoms with van der Waals surface area (Å²) in [7, 11) is 4.43. The van der Waals surface area contributed by atoms with Crippen molar-refractivity contribution >= 4 is 28.5 Å². The van der Waals surface area contributed by atoms with Crippen LogP contribution in [0.15, 0.2) is 45.6 Å². The monoisotopic (exact) mass is 481 g/mol. The number of carbonyl (C=O) groups excluding carboxylic acids is 2. The Balaban J connectivity index is 1.62. The second kappa shape index (κ2) is 10.5. The van der Waals surface area contributed by atoms with E-state index in [9.17, 15) is 14.4 Å². The number of fused-ring (bicyclic) bond motifs is 1. The lowest BCUT2D eigenvalue weighted by Crippen LogP contribution is -2.22. The number of hydrogen-bond acceptors (Lipinski definition) is 8. The minimum absolute atomic E-state index is 0.0983. The van der Waals surface area contributed by atoms with E-state index in [1.807, 2.05) is 0 Å². The predicted molar refractivity (Wildman–Crippen MR) is 128 cm³/mol. The van der Waals surface area contributed by atoms with Crippen LogP contribution in [0.25, 0.3) is 11.0 Å². The summed E-state index contributed by atoms with van der Waals surface area (Å²) in [5, 5.41) is 3.47. The molecule has 0 unspecified atom stereocenters. The maximum atomic E-state index is 13.1. The smallest absolute Gasteiger partial charge is 0.340 e. The van der Waals surface area contributed by atoms with Crippen molar-refractivity contribution in [1.82, 2.24) is 0 Å². The van der Waals surface area contributed by atoms with Crippen LogP contribution in [0.1, 0.15) is 41.6 Å². The van der Waals surface area contributed by atoms with Gasteiger partial charge in [-0.15, -0.1) is 0 Å². The predicted octanol–water partition coefficient (Wildman–Crippen LogP) is 4.30. The molecule has 0 saturated heterocycles. The number of rotatable bonds is 8. The Morgan fingerprint density at radius 2 is 1.69 bits per heavy atom. The van der Waals surface area contributed by atoms with E-state index in [-0.39, 0.29) is 29.7 Å². The number of esters is 1. The van der Waals surface area contributed by atoms with E-state index >= 15 is 0 Å². The zero-order chi connectivity index (χ0) is 24.9. The van der Waals surface area contributed by atoms with Crippen LogP contribution in [-0.2, 0) is 16.1 Å². The summed E-state index contributed by atoms with van der Waals surface area (Å²) in [5.41, 5.74) is 0.602. The molecule has 1 aliphatic rings. The lowest BCUT2D eigenvalue weighted by molar-refractivity contribution is -0.119. The first-order valence-corrected chi connectivity index (χ1v) is 11.3. The Morgan fingerprint density at radius 3 is 2.37 bits per heavy atom. The third-order valence-electron chi connectivity index (χ3n) is 6.12. The zero-order valence-corrected chi connectivity index (χ0v) is 19.8. The van der Waals surface area contributed by atoms with Gasteiger partial charge in [0.1, 0.15) is 17.9 Å². The number of benzene rings is 2. The molecule has 0 aliphatic heterocycles. The Kier molecular flexibility index (Phi) is 7.24. The Hall–Kier alpha value is -4.01. The number of carbonyl (C=O) groups is 2. The van der Waals surface area contributed by atoms with Gasteiger partial charge in [0.15, 0.2) is 11.5 Å². The molecule has 2 aromatic carbocycles. The van der Waals surface area contributed by atoms with Gasteiger partial charge in [-0.25, -0.2) is 9.59 Å². The van der Waals surface area contributed by atoms with Crippen LogP contribution in [-0.4, -0.2) is 33.2 Å². The maximum absolute atomic E-state index is 13.1. The number of amides is 1. The molecule has 1 heterocycles. The molecule has 9 nitrogen and oxygen atoms in total. The van der Waals surface area contributed by atoms with Gasteiger partial charge in [0.05, 0.1) is 32.6 Å². The van der Waals surface area contributed by atoms with Crippen molar-refractivity contribution in [3.63, 3.8) is 0 Å². The molecule has 0 spiro atoms. The Morgan fingerprint density at radius 1 is 0.971 bits per heavy atom. The molecule has 35 heavy (non-hydrogen) atoms. The van der Waals surface area contributed by atoms with Crippen molar-refractivity contribution < 1.29 is 33.0 Å². The fourth-order valence-corrected chi connectivity index (χ4v) is 4.25. The molecular formula is C26H27NO8. The summed E-state index contributed by atoms with van der Waals surface area (Å²) in [6.45, 7) is -0.183. The van der Waals surface area contributed by atoms with Crippen molar-refractivity contribution in [1.29, 1.82) is 0 Å². The van der Waals surface area contributed by atoms with Crippen LogP contribution in [0.3, 0.4) is 0 Å². The van der Waals surface area contributed by atoms with Gasteiger partial charge in [0, 0.05) is 41.1 Å². The molecule has 1 aromatic heterocycles. The number of ether oxygens (including phenoxy) is 4. The topological polar surface area (TPSA) is 113 Å². The van der Waals surface area contributed by atoms with Crippen LogP contribution >= 0.6 is 0 Å². The van der Waals surface area contributed by atoms with E-state index in [4.69, 9.17) is 23.4 Å². The van der Waals surface area contributed by atoms with E-state index in [2.05, 4.69) is 5.32 Å². The Labute approximate surface area is 201 Å². The van der Waals surface area contributed by atoms with E-state index in [1.165, 1.54) is 33.5 Å². The molecule has 9 heteroatoms. The normalized spacial score (nSPS) is 13.5. The van der Waals surface area contributed by atoms with Crippen molar-refractivity contribution in [3.8, 4) is 17.2 Å². The lowest BCUT2D eigenvalue weighted by atomic mass is 10.1. The second-order valence-corrected chi connectivity index (χ2v) is 8.25. The van der Waals surface area contributed by atoms with Crippen molar-refractivity contribution in [2.45, 2.75) is 32.3 Å². The van der Waals surface area contributed by atoms with Crippen LogP contribution in [0.4, 0.5) is 5.69 Å². The summed E-state index contributed by atoms with van der Waals surface area (Å²) < 4.78 is 26.7. The van der Waals surface area contributed by atoms with Crippen molar-refractivity contribution in [2.75, 3.05) is 26.6 Å². The highest BCUT2D eigenvalue weighted by molar-refractivity contribution is 6.03. The molecule has 1 saturated carbocycles. The summed E-state index contributed by atoms with van der Waals surface area (Å²) in [4.78, 5) is 38.0. The standard InChI is InChI=1S/C26H27NO8/c1-31-17-8-9-18-16(10-24(28)35-21(18)11-17)14-34-26(30)19-12-22(32-2)23(33-3)13-20(19)27-25(29)15-6-4-5-7-15/h8-13,15H,4-7,14H2,1-3H3,(H,27,29). The SMILES string of the molecule is COc1ccc2c(COC(=O)c3cc(OC)c(OC)cc3NC(=O)C3CCCC3)cc(=O)oc2c1. The minimum atomic E-state index is -0.692. The molecule has 1 N–H and O–H groups in total. The van der Waals surface area contributed by atoms with Gasteiger partial charge < -0.3 is 28.7 Å². The van der Waals surface area contributed by atoms with Crippen LogP contribution < -0.4 is 25.2 Å². The summed E-state index contributed by atoms with van der Waals surface area (Å²) in [6, 6.07) is 9.32. The van der Waals surface area contributed by atoms with Gasteiger partial charge in [-0.2, -0.15) is 0 Å². The molecule has 0 atom stereocenters. The average molecular weight is 482 g/mol. The van der Waals surface area contributed by atoms with Crippen LogP contribution in [0.5, 0.6) is 17.2 Å². The molecule has 1 aliphatic carbocycles. The van der Waals surface area contributed by atoms with Crippen molar-refractivity contribution in [2.24, 2.45) is 5.92 Å². The number of nitrogens with one attached hydrogen (secondary N) is 1. The van der Waals surface area contributed by atoms with E-state index < -0.39 is 11.6 Å². The molecule has 0 radical (unpaired) electrons. The fourth-order valence-electron chi connectivity index (χ4n) is 4.25. The fraction of sp³-hybridized carbons (Fsp3) is 0.346. The Bertz CT molecular complexity index is 1310. The van der Waals surface area contributed by atoms with E-state index in [1.54, 1.807) is 24.3 Å². The van der Waals surface area contributed by atoms with Gasteiger partial charge in [0.25, 0.3) is 0 Å². The van der Waals surface area contributed by atoms with Gasteiger partial charge in [-0.1, -0.05) is 12.8 Å². The summed E-state index contributed by atoms with van der Waals surface area (Å²) in [6.07, 6.45) is 3.63. The minimum Gasteiger partial charge on any atom is -0.497 e. The molecule has 1 amide bonds. The number of hydrogen-bond donors (Lipinski definition) is 1. The van der Waals surface area contributed by atoms with Gasteiger partial charge in [-0.05, 0) is 25.0 Å². The highest BCUT2D eigenvalue weighted by Gasteiger charge is 2.26.